The van der Waals surface area contributed by atoms with Crippen LogP contribution in [0.2, 0.25) is 0 Å². The number of benzene rings is 2. The largest absolute Gasteiger partial charge is 0.493 e. The van der Waals surface area contributed by atoms with E-state index in [-0.39, 0.29) is 17.5 Å². The number of morpholine rings is 1. The number of ether oxygens (including phenoxy) is 3. The smallest absolute Gasteiger partial charge is 0.490 e. The number of nitrogens with zero attached hydrogens (tertiary/aromatic N) is 2. The van der Waals surface area contributed by atoms with Gasteiger partial charge in [0.15, 0.2) is 11.5 Å². The van der Waals surface area contributed by atoms with Gasteiger partial charge in [-0.2, -0.15) is 13.2 Å². The van der Waals surface area contributed by atoms with Gasteiger partial charge in [-0.05, 0) is 67.4 Å². The minimum Gasteiger partial charge on any atom is -0.493 e. The highest BCUT2D eigenvalue weighted by Gasteiger charge is 2.51. The number of fused-ring (bicyclic) bond motifs is 1. The molecule has 3 unspecified atom stereocenters. The van der Waals surface area contributed by atoms with Crippen LogP contribution in [0.15, 0.2) is 48.5 Å². The van der Waals surface area contributed by atoms with Crippen LogP contribution in [0, 0.1) is 0 Å². The Bertz CT molecular complexity index is 1280. The second-order valence-electron chi connectivity index (χ2n) is 11.6. The van der Waals surface area contributed by atoms with Crippen LogP contribution in [0.4, 0.5) is 18.0 Å². The summed E-state index contributed by atoms with van der Waals surface area (Å²) in [4.78, 5) is 26.7. The first kappa shape index (κ1) is 35.7. The van der Waals surface area contributed by atoms with Crippen molar-refractivity contribution < 1.29 is 42.1 Å². The molecule has 2 saturated heterocycles. The summed E-state index contributed by atoms with van der Waals surface area (Å²) in [5, 5.41) is 10.4. The van der Waals surface area contributed by atoms with Gasteiger partial charge in [0.1, 0.15) is 0 Å². The Morgan fingerprint density at radius 2 is 1.74 bits per heavy atom. The van der Waals surface area contributed by atoms with Gasteiger partial charge in [0, 0.05) is 49.4 Å². The predicted octanol–water partition coefficient (Wildman–Crippen LogP) is 4.68. The standard InChI is InChI=1S/C30H42N4O4S.C2HF3O2/c1-36-26-9-8-24(20-27(26)37-2)30-11-10-25(31-29(35)32-39-19-16-33-14-17-38-18-15-33)21-28(30)34(13-12-30)22-23-6-4-3-5-7-23;3-2(4,5)1(6)7/h3-9,20,25,28H,10-19,21-22H2,1-2H3,(H2,31,32,35);(H,6,7). The molecule has 3 aliphatic rings. The van der Waals surface area contributed by atoms with E-state index in [0.717, 1.165) is 88.9 Å². The molecule has 3 fully saturated rings. The first-order valence-electron chi connectivity index (χ1n) is 15.3. The van der Waals surface area contributed by atoms with E-state index in [1.807, 2.05) is 6.07 Å². The van der Waals surface area contributed by atoms with E-state index < -0.39 is 12.1 Å². The Morgan fingerprint density at radius 3 is 2.39 bits per heavy atom. The molecule has 0 aromatic heterocycles. The molecule has 3 atom stereocenters. The Hall–Kier alpha value is -3.20. The predicted molar refractivity (Wildman–Crippen MR) is 169 cm³/mol. The number of amides is 2. The van der Waals surface area contributed by atoms with Crippen molar-refractivity contribution in [1.29, 1.82) is 0 Å². The first-order valence-corrected chi connectivity index (χ1v) is 16.3. The number of halogens is 3. The van der Waals surface area contributed by atoms with Crippen LogP contribution in [0.25, 0.3) is 0 Å². The van der Waals surface area contributed by atoms with Crippen molar-refractivity contribution in [2.24, 2.45) is 0 Å². The summed E-state index contributed by atoms with van der Waals surface area (Å²) in [5.74, 6) is -0.356. The minimum absolute atomic E-state index is 0.0237. The summed E-state index contributed by atoms with van der Waals surface area (Å²) in [6.45, 7) is 6.44. The molecule has 0 spiro atoms. The molecule has 2 aromatic rings. The number of hydrogen-bond acceptors (Lipinski definition) is 8. The molecule has 2 amide bonds. The van der Waals surface area contributed by atoms with Gasteiger partial charge < -0.3 is 24.6 Å². The van der Waals surface area contributed by atoms with Gasteiger partial charge >= 0.3 is 18.2 Å². The number of carbonyl (C=O) groups excluding carboxylic acids is 1. The third kappa shape index (κ3) is 9.43. The van der Waals surface area contributed by atoms with E-state index in [0.29, 0.717) is 6.04 Å². The van der Waals surface area contributed by atoms with E-state index in [4.69, 9.17) is 24.1 Å². The Labute approximate surface area is 272 Å². The fraction of sp³-hybridized carbons (Fsp3) is 0.562. The lowest BCUT2D eigenvalue weighted by Gasteiger charge is -2.45. The van der Waals surface area contributed by atoms with Crippen LogP contribution in [-0.2, 0) is 21.5 Å². The second kappa shape index (κ2) is 16.6. The maximum absolute atomic E-state index is 12.8. The first-order chi connectivity index (χ1) is 22.1. The molecule has 0 bridgehead atoms. The van der Waals surface area contributed by atoms with Crippen LogP contribution in [0.3, 0.4) is 0 Å². The van der Waals surface area contributed by atoms with Gasteiger partial charge in [-0.25, -0.2) is 9.59 Å². The number of nitrogens with one attached hydrogen (secondary N) is 2. The van der Waals surface area contributed by atoms with Crippen molar-refractivity contribution in [3.63, 3.8) is 0 Å². The number of rotatable bonds is 10. The fourth-order valence-corrected chi connectivity index (χ4v) is 7.24. The molecule has 2 aromatic carbocycles. The molecule has 1 saturated carbocycles. The second-order valence-corrected chi connectivity index (χ2v) is 12.5. The molecule has 2 aliphatic heterocycles. The van der Waals surface area contributed by atoms with Crippen molar-refractivity contribution in [3.05, 3.63) is 59.7 Å². The SMILES string of the molecule is COc1ccc(C23CCC(NC(=O)NSCCN4CCOCC4)CC2N(Cc2ccccc2)CC3)cc1OC.O=C(O)C(F)(F)F. The molecular formula is C32H43F3N4O6S. The number of alkyl halides is 3. The molecule has 46 heavy (non-hydrogen) atoms. The van der Waals surface area contributed by atoms with Gasteiger partial charge in [0.05, 0.1) is 27.4 Å². The Morgan fingerprint density at radius 1 is 1.04 bits per heavy atom. The number of carboxylic acids is 1. The molecule has 10 nitrogen and oxygen atoms in total. The number of hydrogen-bond donors (Lipinski definition) is 3. The van der Waals surface area contributed by atoms with Gasteiger partial charge in [0.25, 0.3) is 0 Å². The van der Waals surface area contributed by atoms with Gasteiger partial charge in [-0.3, -0.25) is 14.5 Å². The number of methoxy groups -OCH3 is 2. The molecule has 2 heterocycles. The van der Waals surface area contributed by atoms with Crippen molar-refractivity contribution in [2.45, 2.75) is 55.9 Å². The topological polar surface area (TPSA) is 113 Å². The third-order valence-electron chi connectivity index (χ3n) is 8.91. The zero-order valence-electron chi connectivity index (χ0n) is 26.2. The third-order valence-corrected chi connectivity index (χ3v) is 9.63. The highest BCUT2D eigenvalue weighted by atomic mass is 32.2. The monoisotopic (exact) mass is 668 g/mol. The van der Waals surface area contributed by atoms with E-state index in [2.05, 4.69) is 62.3 Å². The number of carbonyl (C=O) groups is 2. The van der Waals surface area contributed by atoms with E-state index >= 15 is 0 Å². The van der Waals surface area contributed by atoms with Crippen LogP contribution in [0.5, 0.6) is 11.5 Å². The lowest BCUT2D eigenvalue weighted by molar-refractivity contribution is -0.192. The Kier molecular flexibility index (Phi) is 12.8. The van der Waals surface area contributed by atoms with Gasteiger partial charge in [-0.15, -0.1) is 0 Å². The van der Waals surface area contributed by atoms with Crippen LogP contribution in [-0.4, -0.2) is 105 Å². The molecule has 1 aliphatic carbocycles. The lowest BCUT2D eigenvalue weighted by atomic mass is 9.65. The van der Waals surface area contributed by atoms with Gasteiger partial charge in [-0.1, -0.05) is 36.4 Å². The van der Waals surface area contributed by atoms with Crippen molar-refractivity contribution in [3.8, 4) is 11.5 Å². The Balaban J connectivity index is 0.000000617. The normalized spacial score (nSPS) is 23.4. The average molecular weight is 669 g/mol. The number of carboxylic acid groups (broad SMARTS) is 1. The summed E-state index contributed by atoms with van der Waals surface area (Å²) in [5.41, 5.74) is 2.66. The maximum atomic E-state index is 12.8. The van der Waals surface area contributed by atoms with Crippen molar-refractivity contribution in [2.75, 3.05) is 59.4 Å². The van der Waals surface area contributed by atoms with Crippen LogP contribution >= 0.6 is 11.9 Å². The van der Waals surface area contributed by atoms with Crippen LogP contribution < -0.4 is 19.5 Å². The number of urea groups is 1. The number of aliphatic carboxylic acids is 1. The number of likely N-dealkylation sites (tertiary alicyclic amines) is 1. The summed E-state index contributed by atoms with van der Waals surface area (Å²) < 4.78 is 51.4. The van der Waals surface area contributed by atoms with Crippen molar-refractivity contribution in [1.82, 2.24) is 19.8 Å². The van der Waals surface area contributed by atoms with E-state index in [1.54, 1.807) is 14.2 Å². The highest BCUT2D eigenvalue weighted by molar-refractivity contribution is 7.97. The average Bonchev–Trinajstić information content (AvgIpc) is 3.42. The highest BCUT2D eigenvalue weighted by Crippen LogP contribution is 2.50. The summed E-state index contributed by atoms with van der Waals surface area (Å²) in [7, 11) is 3.38. The molecular weight excluding hydrogens is 625 g/mol. The lowest BCUT2D eigenvalue weighted by Crippen LogP contribution is -2.53. The fourth-order valence-electron chi connectivity index (χ4n) is 6.60. The maximum Gasteiger partial charge on any atom is 0.490 e. The molecule has 3 N–H and O–H groups in total. The molecule has 0 radical (unpaired) electrons. The summed E-state index contributed by atoms with van der Waals surface area (Å²) in [6.07, 6.45) is -1.09. The summed E-state index contributed by atoms with van der Waals surface area (Å²) in [6, 6.07) is 17.5. The van der Waals surface area contributed by atoms with E-state index in [9.17, 15) is 18.0 Å². The zero-order chi connectivity index (χ0) is 33.2. The minimum atomic E-state index is -5.08. The van der Waals surface area contributed by atoms with Gasteiger partial charge in [0.2, 0.25) is 0 Å². The van der Waals surface area contributed by atoms with Crippen LogP contribution in [0.1, 0.15) is 36.8 Å². The molecule has 14 heteroatoms. The molecule has 254 valence electrons. The van der Waals surface area contributed by atoms with Crippen molar-refractivity contribution >= 4 is 23.9 Å². The van der Waals surface area contributed by atoms with E-state index in [1.165, 1.54) is 23.1 Å². The zero-order valence-corrected chi connectivity index (χ0v) is 27.0. The summed E-state index contributed by atoms with van der Waals surface area (Å²) >= 11 is 1.49. The molecule has 5 rings (SSSR count). The quantitative estimate of drug-likeness (QED) is 0.246.